The first-order valence-corrected chi connectivity index (χ1v) is 18.5. The Bertz CT molecular complexity index is 2460. The highest BCUT2D eigenvalue weighted by molar-refractivity contribution is 7.77. The van der Waals surface area contributed by atoms with Gasteiger partial charge in [-0.05, 0) is 89.0 Å². The number of fused-ring (bicyclic) bond motifs is 5. The van der Waals surface area contributed by atoms with E-state index in [1.165, 1.54) is 22.5 Å². The van der Waals surface area contributed by atoms with Gasteiger partial charge in [-0.1, -0.05) is 123 Å². The van der Waals surface area contributed by atoms with E-state index in [0.29, 0.717) is 0 Å². The molecular weight excluding hydrogens is 615 g/mol. The number of para-hydroxylation sites is 2. The van der Waals surface area contributed by atoms with Crippen LogP contribution >= 0.6 is 7.29 Å². The van der Waals surface area contributed by atoms with Crippen LogP contribution in [0.3, 0.4) is 0 Å². The third-order valence-electron chi connectivity index (χ3n) is 10.2. The molecule has 7 aromatic carbocycles. The minimum atomic E-state index is -3.37. The van der Waals surface area contributed by atoms with E-state index in [1.54, 1.807) is 0 Å². The summed E-state index contributed by atoms with van der Waals surface area (Å²) >= 11 is 0. The number of anilines is 3. The normalized spacial score (nSPS) is 13.7. The van der Waals surface area contributed by atoms with E-state index in [2.05, 4.69) is 132 Å². The lowest BCUT2D eigenvalue weighted by Gasteiger charge is -2.42. The second kappa shape index (κ2) is 11.2. The van der Waals surface area contributed by atoms with Crippen LogP contribution in [0.15, 0.2) is 176 Å². The van der Waals surface area contributed by atoms with Crippen LogP contribution in [0.25, 0.3) is 32.9 Å². The lowest BCUT2D eigenvalue weighted by molar-refractivity contribution is 0.583. The molecule has 8 aromatic rings. The van der Waals surface area contributed by atoms with Crippen molar-refractivity contribution in [3.63, 3.8) is 0 Å². The first-order valence-electron chi connectivity index (χ1n) is 16.8. The third kappa shape index (κ3) is 4.46. The number of hydrogen-bond acceptors (Lipinski definition) is 2. The molecule has 0 bridgehead atoms. The van der Waals surface area contributed by atoms with Gasteiger partial charge in [0.1, 0.15) is 0 Å². The zero-order valence-corrected chi connectivity index (χ0v) is 28.4. The summed E-state index contributed by atoms with van der Waals surface area (Å²) in [5, 5.41) is 3.75. The van der Waals surface area contributed by atoms with Gasteiger partial charge in [0.05, 0.1) is 22.4 Å². The lowest BCUT2D eigenvalue weighted by atomic mass is 9.73. The third-order valence-corrected chi connectivity index (χ3v) is 13.2. The molecule has 9 rings (SSSR count). The zero-order chi connectivity index (χ0) is 33.2. The summed E-state index contributed by atoms with van der Waals surface area (Å²) in [6.45, 7) is 4.63. The van der Waals surface area contributed by atoms with Crippen LogP contribution < -0.4 is 15.5 Å². The Morgan fingerprint density at radius 2 is 0.939 bits per heavy atom. The summed E-state index contributed by atoms with van der Waals surface area (Å²) in [5.41, 5.74) is 10.0. The molecule has 1 aliphatic heterocycles. The molecule has 4 heteroatoms. The molecule has 3 nitrogen and oxygen atoms in total. The van der Waals surface area contributed by atoms with Gasteiger partial charge in [0.15, 0.2) is 0 Å². The molecule has 0 N–H and O–H groups in total. The summed E-state index contributed by atoms with van der Waals surface area (Å²) in [6, 6.07) is 61.2. The highest BCUT2D eigenvalue weighted by Crippen LogP contribution is 2.54. The molecule has 0 saturated heterocycles. The molecule has 1 aliphatic rings. The van der Waals surface area contributed by atoms with E-state index >= 15 is 4.57 Å². The van der Waals surface area contributed by atoms with Crippen molar-refractivity contribution < 1.29 is 4.57 Å². The summed E-state index contributed by atoms with van der Waals surface area (Å²) in [6.07, 6.45) is 0. The van der Waals surface area contributed by atoms with E-state index in [9.17, 15) is 0 Å². The highest BCUT2D eigenvalue weighted by atomic mass is 31.2. The number of benzene rings is 7. The van der Waals surface area contributed by atoms with Gasteiger partial charge in [-0.3, -0.25) is 8.90 Å². The molecular formula is C45H35N2OP. The van der Waals surface area contributed by atoms with E-state index in [4.69, 9.17) is 0 Å². The average molecular weight is 651 g/mol. The maximum atomic E-state index is 16.0. The fourth-order valence-electron chi connectivity index (χ4n) is 7.83. The smallest absolute Gasteiger partial charge is 0.234 e. The molecule has 1 aromatic heterocycles. The second-order valence-electron chi connectivity index (χ2n) is 13.4. The first kappa shape index (κ1) is 29.5. The fourth-order valence-corrected chi connectivity index (χ4v) is 10.7. The molecule has 0 radical (unpaired) electrons. The summed E-state index contributed by atoms with van der Waals surface area (Å²) in [5.74, 6) is 0. The molecule has 0 atom stereocenters. The van der Waals surface area contributed by atoms with Gasteiger partial charge in [0, 0.05) is 32.5 Å². The fraction of sp³-hybridized carbons (Fsp3) is 0.0667. The van der Waals surface area contributed by atoms with Crippen molar-refractivity contribution in [3.8, 4) is 11.1 Å². The minimum absolute atomic E-state index is 0.146. The van der Waals surface area contributed by atoms with E-state index in [0.717, 1.165) is 49.2 Å². The van der Waals surface area contributed by atoms with Crippen LogP contribution in [0.1, 0.15) is 25.0 Å². The van der Waals surface area contributed by atoms with Crippen molar-refractivity contribution >= 4 is 56.8 Å². The quantitative estimate of drug-likeness (QED) is 0.173. The molecule has 0 spiro atoms. The van der Waals surface area contributed by atoms with Gasteiger partial charge in [-0.15, -0.1) is 0 Å². The average Bonchev–Trinajstić information content (AvgIpc) is 3.49. The lowest BCUT2D eigenvalue weighted by Crippen LogP contribution is -2.30. The monoisotopic (exact) mass is 650 g/mol. The van der Waals surface area contributed by atoms with Crippen molar-refractivity contribution in [2.24, 2.45) is 0 Å². The van der Waals surface area contributed by atoms with Crippen molar-refractivity contribution in [2.75, 3.05) is 4.90 Å². The topological polar surface area (TPSA) is 25.2 Å². The molecule has 0 aliphatic carbocycles. The maximum absolute atomic E-state index is 16.0. The molecule has 0 saturated carbocycles. The Morgan fingerprint density at radius 1 is 0.469 bits per heavy atom. The largest absolute Gasteiger partial charge is 0.310 e. The van der Waals surface area contributed by atoms with Crippen molar-refractivity contribution in [1.82, 2.24) is 4.34 Å². The van der Waals surface area contributed by atoms with Crippen LogP contribution in [0.5, 0.6) is 0 Å². The maximum Gasteiger partial charge on any atom is 0.234 e. The van der Waals surface area contributed by atoms with Gasteiger partial charge >= 0.3 is 0 Å². The Hall–Kier alpha value is -5.63. The predicted octanol–water partition coefficient (Wildman–Crippen LogP) is 11.3. The van der Waals surface area contributed by atoms with Crippen LogP contribution in [0, 0.1) is 0 Å². The van der Waals surface area contributed by atoms with Gasteiger partial charge < -0.3 is 4.90 Å². The summed E-state index contributed by atoms with van der Waals surface area (Å²) in [4.78, 5) is 2.40. The Labute approximate surface area is 287 Å². The van der Waals surface area contributed by atoms with Crippen molar-refractivity contribution in [1.29, 1.82) is 0 Å². The molecule has 0 unspecified atom stereocenters. The van der Waals surface area contributed by atoms with Crippen LogP contribution in [-0.2, 0) is 9.98 Å². The summed E-state index contributed by atoms with van der Waals surface area (Å²) in [7, 11) is -3.37. The van der Waals surface area contributed by atoms with E-state index in [-0.39, 0.29) is 5.41 Å². The van der Waals surface area contributed by atoms with Crippen molar-refractivity contribution in [2.45, 2.75) is 19.3 Å². The highest BCUT2D eigenvalue weighted by Gasteiger charge is 2.37. The van der Waals surface area contributed by atoms with Gasteiger partial charge in [0.2, 0.25) is 7.29 Å². The summed E-state index contributed by atoms with van der Waals surface area (Å²) < 4.78 is 18.1. The van der Waals surface area contributed by atoms with E-state index in [1.807, 2.05) is 66.7 Å². The van der Waals surface area contributed by atoms with Crippen LogP contribution in [0.4, 0.5) is 17.1 Å². The molecule has 236 valence electrons. The molecule has 0 amide bonds. The minimum Gasteiger partial charge on any atom is -0.310 e. The molecule has 0 fully saturated rings. The number of hydrogen-bond donors (Lipinski definition) is 0. The standard InChI is InChI=1S/C45H35N2OP/c1-45(2)39-22-12-14-24-43(39)46(44-25-15-13-23-40(44)45)34-27-29-42-38(31-34)37-30-33(32-16-6-3-7-17-32)26-28-41(37)47(42)49(48,35-18-8-4-9-19-35)36-20-10-5-11-21-36/h3-31H,1-2H3. The Balaban J connectivity index is 1.37. The van der Waals surface area contributed by atoms with Gasteiger partial charge in [-0.2, -0.15) is 0 Å². The van der Waals surface area contributed by atoms with Gasteiger partial charge in [0.25, 0.3) is 0 Å². The first-order chi connectivity index (χ1) is 24.0. The second-order valence-corrected chi connectivity index (χ2v) is 15.9. The SMILES string of the molecule is CC1(C)c2ccccc2N(c2ccc3c(c2)c2cc(-c4ccccc4)ccc2n3P(=O)(c2ccccc2)c2ccccc2)c2ccccc21. The Kier molecular flexibility index (Phi) is 6.76. The number of nitrogens with zero attached hydrogens (tertiary/aromatic N) is 2. The van der Waals surface area contributed by atoms with Crippen LogP contribution in [0.2, 0.25) is 0 Å². The van der Waals surface area contributed by atoms with Crippen molar-refractivity contribution in [3.05, 3.63) is 187 Å². The number of rotatable bonds is 5. The molecule has 2 heterocycles. The zero-order valence-electron chi connectivity index (χ0n) is 27.5. The number of aromatic nitrogens is 1. The van der Waals surface area contributed by atoms with Gasteiger partial charge in [-0.25, -0.2) is 0 Å². The molecule has 49 heavy (non-hydrogen) atoms. The predicted molar refractivity (Wildman–Crippen MR) is 207 cm³/mol. The van der Waals surface area contributed by atoms with Crippen LogP contribution in [-0.4, -0.2) is 4.34 Å². The van der Waals surface area contributed by atoms with E-state index < -0.39 is 7.29 Å². The Morgan fingerprint density at radius 3 is 1.51 bits per heavy atom.